The van der Waals surface area contributed by atoms with Crippen LogP contribution in [-0.2, 0) is 9.47 Å². The number of aryl methyl sites for hydroxylation is 3. The summed E-state index contributed by atoms with van der Waals surface area (Å²) >= 11 is 0. The van der Waals surface area contributed by atoms with Crippen molar-refractivity contribution in [2.24, 2.45) is 0 Å². The number of amides is 1. The molecule has 148 valence electrons. The van der Waals surface area contributed by atoms with Crippen LogP contribution < -0.4 is 10.2 Å². The second kappa shape index (κ2) is 7.48. The average Bonchev–Trinajstić information content (AvgIpc) is 3.09. The van der Waals surface area contributed by atoms with Crippen molar-refractivity contribution < 1.29 is 14.3 Å². The van der Waals surface area contributed by atoms with E-state index in [4.69, 9.17) is 9.47 Å². The Hall–Kier alpha value is -2.51. The van der Waals surface area contributed by atoms with Crippen molar-refractivity contribution in [3.8, 4) is 0 Å². The molecule has 2 aromatic rings. The van der Waals surface area contributed by atoms with Crippen LogP contribution in [0.5, 0.6) is 0 Å². The molecule has 0 saturated carbocycles. The van der Waals surface area contributed by atoms with E-state index in [0.29, 0.717) is 24.9 Å². The lowest BCUT2D eigenvalue weighted by Gasteiger charge is -2.37. The van der Waals surface area contributed by atoms with E-state index in [1.54, 1.807) is 6.07 Å². The number of rotatable bonds is 3. The molecule has 28 heavy (non-hydrogen) atoms. The Kier molecular flexibility index (Phi) is 5.03. The first-order valence-electron chi connectivity index (χ1n) is 9.71. The van der Waals surface area contributed by atoms with Gasteiger partial charge in [0.1, 0.15) is 5.69 Å². The molecule has 7 nitrogen and oxygen atoms in total. The molecular weight excluding hydrogens is 356 g/mol. The van der Waals surface area contributed by atoms with Gasteiger partial charge in [-0.05, 0) is 50.1 Å². The van der Waals surface area contributed by atoms with Gasteiger partial charge >= 0.3 is 0 Å². The molecule has 2 saturated heterocycles. The second-order valence-corrected chi connectivity index (χ2v) is 7.62. The number of nitrogens with one attached hydrogen (secondary N) is 1. The van der Waals surface area contributed by atoms with Crippen molar-refractivity contribution in [1.82, 2.24) is 9.97 Å². The highest BCUT2D eigenvalue weighted by molar-refractivity contribution is 6.03. The van der Waals surface area contributed by atoms with Crippen molar-refractivity contribution >= 4 is 17.5 Å². The Labute approximate surface area is 165 Å². The van der Waals surface area contributed by atoms with E-state index in [1.807, 2.05) is 32.9 Å². The Bertz CT molecular complexity index is 863. The lowest BCUT2D eigenvalue weighted by atomic mass is 10.0. The van der Waals surface area contributed by atoms with Crippen LogP contribution in [0.4, 0.5) is 11.6 Å². The molecule has 2 aliphatic heterocycles. The van der Waals surface area contributed by atoms with Gasteiger partial charge in [0, 0.05) is 37.3 Å². The zero-order valence-electron chi connectivity index (χ0n) is 16.6. The van der Waals surface area contributed by atoms with Crippen LogP contribution in [0.1, 0.15) is 40.2 Å². The highest BCUT2D eigenvalue weighted by Crippen LogP contribution is 2.32. The zero-order chi connectivity index (χ0) is 19.7. The summed E-state index contributed by atoms with van der Waals surface area (Å²) in [6, 6.07) is 7.69. The molecule has 0 atom stereocenters. The van der Waals surface area contributed by atoms with Gasteiger partial charge in [0.05, 0.1) is 13.2 Å². The third-order valence-electron chi connectivity index (χ3n) is 5.18. The molecule has 3 heterocycles. The fourth-order valence-corrected chi connectivity index (χ4v) is 3.89. The summed E-state index contributed by atoms with van der Waals surface area (Å²) in [5.41, 5.74) is 4.12. The number of anilines is 2. The largest absolute Gasteiger partial charge is 0.347 e. The molecule has 4 rings (SSSR count). The van der Waals surface area contributed by atoms with Crippen molar-refractivity contribution in [1.29, 1.82) is 0 Å². The summed E-state index contributed by atoms with van der Waals surface area (Å²) in [6.07, 6.45) is 1.54. The van der Waals surface area contributed by atoms with Crippen LogP contribution in [0.15, 0.2) is 24.3 Å². The maximum atomic E-state index is 12.8. The number of ether oxygens (including phenoxy) is 2. The number of aromatic nitrogens is 2. The fourth-order valence-electron chi connectivity index (χ4n) is 3.89. The van der Waals surface area contributed by atoms with Gasteiger partial charge in [0.25, 0.3) is 5.91 Å². The van der Waals surface area contributed by atoms with E-state index in [9.17, 15) is 4.79 Å². The number of piperidine rings is 1. The molecule has 1 amide bonds. The predicted octanol–water partition coefficient (Wildman–Crippen LogP) is 3.00. The number of benzene rings is 1. The molecule has 0 radical (unpaired) electrons. The quantitative estimate of drug-likeness (QED) is 0.879. The normalized spacial score (nSPS) is 18.5. The first-order valence-corrected chi connectivity index (χ1v) is 9.71. The minimum atomic E-state index is -0.441. The lowest BCUT2D eigenvalue weighted by Crippen LogP contribution is -2.45. The summed E-state index contributed by atoms with van der Waals surface area (Å²) in [5, 5.41) is 2.95. The number of nitrogens with zero attached hydrogens (tertiary/aromatic N) is 3. The Morgan fingerprint density at radius 2 is 1.64 bits per heavy atom. The van der Waals surface area contributed by atoms with Crippen LogP contribution in [0.2, 0.25) is 0 Å². The van der Waals surface area contributed by atoms with E-state index >= 15 is 0 Å². The van der Waals surface area contributed by atoms with Crippen LogP contribution >= 0.6 is 0 Å². The van der Waals surface area contributed by atoms with Crippen molar-refractivity contribution in [3.63, 3.8) is 0 Å². The molecule has 1 aromatic carbocycles. The topological polar surface area (TPSA) is 76.6 Å². The molecular formula is C21H26N4O3. The standard InChI is InChI=1S/C21H26N4O3/c1-14-10-15(2)12-17(11-14)23-19(26)18-13-16(3)22-20(24-18)25-6-4-21(5-7-25)27-8-9-28-21/h10-13H,4-9H2,1-3H3,(H,23,26). The molecule has 2 fully saturated rings. The summed E-state index contributed by atoms with van der Waals surface area (Å²) in [7, 11) is 0. The number of carbonyl (C=O) groups is 1. The number of hydrogen-bond acceptors (Lipinski definition) is 6. The maximum Gasteiger partial charge on any atom is 0.274 e. The predicted molar refractivity (Wildman–Crippen MR) is 107 cm³/mol. The van der Waals surface area contributed by atoms with E-state index < -0.39 is 5.79 Å². The van der Waals surface area contributed by atoms with Crippen LogP contribution in [0.3, 0.4) is 0 Å². The van der Waals surface area contributed by atoms with Gasteiger partial charge in [-0.25, -0.2) is 9.97 Å². The van der Waals surface area contributed by atoms with Crippen molar-refractivity contribution in [2.45, 2.75) is 39.4 Å². The average molecular weight is 382 g/mol. The molecule has 7 heteroatoms. The van der Waals surface area contributed by atoms with Crippen LogP contribution in [-0.4, -0.2) is 48.0 Å². The number of carbonyl (C=O) groups excluding carboxylic acids is 1. The minimum Gasteiger partial charge on any atom is -0.347 e. The summed E-state index contributed by atoms with van der Waals surface area (Å²) in [4.78, 5) is 23.9. The van der Waals surface area contributed by atoms with E-state index in [-0.39, 0.29) is 5.91 Å². The fraction of sp³-hybridized carbons (Fsp3) is 0.476. The summed E-state index contributed by atoms with van der Waals surface area (Å²) in [5.74, 6) is -0.0880. The third kappa shape index (κ3) is 4.00. The van der Waals surface area contributed by atoms with Gasteiger partial charge in [-0.15, -0.1) is 0 Å². The Morgan fingerprint density at radius 3 is 2.29 bits per heavy atom. The molecule has 1 spiro atoms. The minimum absolute atomic E-state index is 0.229. The molecule has 0 bridgehead atoms. The first kappa shape index (κ1) is 18.8. The van der Waals surface area contributed by atoms with Gasteiger partial charge in [-0.3, -0.25) is 4.79 Å². The highest BCUT2D eigenvalue weighted by Gasteiger charge is 2.40. The van der Waals surface area contributed by atoms with Crippen molar-refractivity contribution in [3.05, 3.63) is 46.8 Å². The van der Waals surface area contributed by atoms with Crippen LogP contribution in [0, 0.1) is 20.8 Å². The Morgan fingerprint density at radius 1 is 1.00 bits per heavy atom. The summed E-state index contributed by atoms with van der Waals surface area (Å²) < 4.78 is 11.6. The van der Waals surface area contributed by atoms with Gasteiger partial charge < -0.3 is 19.7 Å². The van der Waals surface area contributed by atoms with E-state index in [0.717, 1.165) is 48.4 Å². The van der Waals surface area contributed by atoms with Gasteiger partial charge in [0.2, 0.25) is 5.95 Å². The van der Waals surface area contributed by atoms with E-state index in [2.05, 4.69) is 26.3 Å². The zero-order valence-corrected chi connectivity index (χ0v) is 16.6. The van der Waals surface area contributed by atoms with Gasteiger partial charge in [0.15, 0.2) is 5.79 Å². The SMILES string of the molecule is Cc1cc(C)cc(NC(=O)c2cc(C)nc(N3CCC4(CC3)OCCO4)n2)c1. The molecule has 1 aromatic heterocycles. The molecule has 1 N–H and O–H groups in total. The molecule has 0 unspecified atom stereocenters. The lowest BCUT2D eigenvalue weighted by molar-refractivity contribution is -0.169. The second-order valence-electron chi connectivity index (χ2n) is 7.62. The monoisotopic (exact) mass is 382 g/mol. The van der Waals surface area contributed by atoms with Crippen LogP contribution in [0.25, 0.3) is 0 Å². The third-order valence-corrected chi connectivity index (χ3v) is 5.18. The van der Waals surface area contributed by atoms with Crippen molar-refractivity contribution in [2.75, 3.05) is 36.5 Å². The molecule has 2 aliphatic rings. The van der Waals surface area contributed by atoms with Gasteiger partial charge in [-0.1, -0.05) is 6.07 Å². The number of hydrogen-bond donors (Lipinski definition) is 1. The van der Waals surface area contributed by atoms with E-state index in [1.165, 1.54) is 0 Å². The highest BCUT2D eigenvalue weighted by atomic mass is 16.7. The van der Waals surface area contributed by atoms with Gasteiger partial charge in [-0.2, -0.15) is 0 Å². The maximum absolute atomic E-state index is 12.8. The smallest absolute Gasteiger partial charge is 0.274 e. The molecule has 0 aliphatic carbocycles. The first-order chi connectivity index (χ1) is 13.4. The Balaban J connectivity index is 1.50. The summed E-state index contributed by atoms with van der Waals surface area (Å²) in [6.45, 7) is 8.69.